The van der Waals surface area contributed by atoms with Crippen LogP contribution in [0.3, 0.4) is 0 Å². The van der Waals surface area contributed by atoms with Crippen molar-refractivity contribution in [3.8, 4) is 11.5 Å². The van der Waals surface area contributed by atoms with Gasteiger partial charge in [0.05, 0.1) is 19.3 Å². The number of halogens is 3. The van der Waals surface area contributed by atoms with Crippen LogP contribution in [0.5, 0.6) is 11.5 Å². The molecule has 1 fully saturated rings. The molecule has 0 spiro atoms. The summed E-state index contributed by atoms with van der Waals surface area (Å²) in [5.74, 6) is -1.54. The Bertz CT molecular complexity index is 1280. The van der Waals surface area contributed by atoms with E-state index < -0.39 is 30.6 Å². The Morgan fingerprint density at radius 1 is 1.14 bits per heavy atom. The molecule has 37 heavy (non-hydrogen) atoms. The van der Waals surface area contributed by atoms with Crippen molar-refractivity contribution in [1.29, 1.82) is 0 Å². The number of rotatable bonds is 8. The van der Waals surface area contributed by atoms with Gasteiger partial charge in [0, 0.05) is 26.9 Å². The van der Waals surface area contributed by atoms with Crippen molar-refractivity contribution >= 4 is 33.5 Å². The Hall–Kier alpha value is -2.87. The lowest BCUT2D eigenvalue weighted by Gasteiger charge is -2.43. The van der Waals surface area contributed by atoms with E-state index in [1.54, 1.807) is 13.2 Å². The summed E-state index contributed by atoms with van der Waals surface area (Å²) in [5, 5.41) is 9.79. The Balaban J connectivity index is 1.83. The summed E-state index contributed by atoms with van der Waals surface area (Å²) in [6.07, 6.45) is -0.379. The van der Waals surface area contributed by atoms with E-state index in [1.807, 2.05) is 55.5 Å². The van der Waals surface area contributed by atoms with Crippen LogP contribution in [0.15, 0.2) is 77.3 Å². The maximum Gasteiger partial charge on any atom is 0.341 e. The number of hydrogen-bond donors (Lipinski definition) is 1. The van der Waals surface area contributed by atoms with Crippen LogP contribution < -0.4 is 9.47 Å². The van der Waals surface area contributed by atoms with Gasteiger partial charge in [0.1, 0.15) is 5.75 Å². The molecule has 0 bridgehead atoms. The Morgan fingerprint density at radius 2 is 1.78 bits per heavy atom. The van der Waals surface area contributed by atoms with Crippen LogP contribution in [-0.2, 0) is 9.53 Å². The second-order valence-corrected chi connectivity index (χ2v) is 10.4. The van der Waals surface area contributed by atoms with Crippen molar-refractivity contribution in [3.63, 3.8) is 0 Å². The molecule has 3 aromatic rings. The van der Waals surface area contributed by atoms with Crippen molar-refractivity contribution in [1.82, 2.24) is 0 Å². The summed E-state index contributed by atoms with van der Waals surface area (Å²) in [6, 6.07) is 18.3. The summed E-state index contributed by atoms with van der Waals surface area (Å²) >= 11 is 9.53. The van der Waals surface area contributed by atoms with Crippen LogP contribution in [-0.4, -0.2) is 24.8 Å². The van der Waals surface area contributed by atoms with Gasteiger partial charge in [-0.05, 0) is 60.9 Å². The highest BCUT2D eigenvalue weighted by Crippen LogP contribution is 2.53. The Labute approximate surface area is 228 Å². The van der Waals surface area contributed by atoms with Crippen LogP contribution in [0.2, 0.25) is 5.02 Å². The molecule has 4 atom stereocenters. The molecule has 4 rings (SSSR count). The van der Waals surface area contributed by atoms with Crippen molar-refractivity contribution in [3.05, 3.63) is 105 Å². The van der Waals surface area contributed by atoms with Crippen molar-refractivity contribution in [2.24, 2.45) is 5.92 Å². The summed E-state index contributed by atoms with van der Waals surface area (Å²) in [6.45, 7) is 5.45. The topological polar surface area (TPSA) is 65.0 Å². The standard InChI is InChI=1S/C29H27BrClFO5/c1-16(2)22-14-23(17-4-8-20(31)9-5-17)27(18-6-10-21(35-3)11-7-18)37-28(22)24-12-19(30)13-25(32)29(24)36-15-26(33)34/h4-13,22-23,27-28H,1,14-15H2,2-3H3,(H,33,34)/t22-,23-,27+,28+/m1/s1. The lowest BCUT2D eigenvalue weighted by atomic mass is 9.74. The van der Waals surface area contributed by atoms with Gasteiger partial charge in [-0.15, -0.1) is 0 Å². The highest BCUT2D eigenvalue weighted by molar-refractivity contribution is 9.10. The van der Waals surface area contributed by atoms with Crippen LogP contribution in [0.25, 0.3) is 0 Å². The molecule has 0 aromatic heterocycles. The summed E-state index contributed by atoms with van der Waals surface area (Å²) in [5.41, 5.74) is 3.27. The average molecular weight is 590 g/mol. The molecule has 1 N–H and O–H groups in total. The van der Waals surface area contributed by atoms with Gasteiger partial charge in [0.15, 0.2) is 18.2 Å². The van der Waals surface area contributed by atoms with Crippen LogP contribution >= 0.6 is 27.5 Å². The van der Waals surface area contributed by atoms with Crippen LogP contribution in [0.4, 0.5) is 4.39 Å². The van der Waals surface area contributed by atoms with Gasteiger partial charge >= 0.3 is 5.97 Å². The first kappa shape index (κ1) is 27.2. The molecule has 1 saturated heterocycles. The van der Waals surface area contributed by atoms with Crippen LogP contribution in [0, 0.1) is 11.7 Å². The third kappa shape index (κ3) is 6.17. The van der Waals surface area contributed by atoms with Gasteiger partial charge in [0.25, 0.3) is 0 Å². The number of benzene rings is 3. The first-order chi connectivity index (χ1) is 17.7. The number of carboxylic acids is 1. The number of hydrogen-bond acceptors (Lipinski definition) is 4. The van der Waals surface area contributed by atoms with E-state index in [2.05, 4.69) is 22.5 Å². The van der Waals surface area contributed by atoms with Crippen LogP contribution in [0.1, 0.15) is 48.2 Å². The third-order valence-electron chi connectivity index (χ3n) is 6.59. The fraction of sp³-hybridized carbons (Fsp3) is 0.276. The van der Waals surface area contributed by atoms with Gasteiger partial charge in [0.2, 0.25) is 0 Å². The number of carboxylic acid groups (broad SMARTS) is 1. The quantitative estimate of drug-likeness (QED) is 0.271. The maximum atomic E-state index is 15.1. The van der Waals surface area contributed by atoms with E-state index in [-0.39, 0.29) is 17.6 Å². The third-order valence-corrected chi connectivity index (χ3v) is 7.30. The normalized spacial score (nSPS) is 21.3. The molecule has 0 unspecified atom stereocenters. The summed E-state index contributed by atoms with van der Waals surface area (Å²) in [4.78, 5) is 11.2. The fourth-order valence-electron chi connectivity index (χ4n) is 4.82. The molecule has 1 heterocycles. The second-order valence-electron chi connectivity index (χ2n) is 9.09. The van der Waals surface area contributed by atoms with Crippen molar-refractivity contribution in [2.45, 2.75) is 31.5 Å². The number of ether oxygens (including phenoxy) is 3. The van der Waals surface area contributed by atoms with E-state index in [0.717, 1.165) is 22.4 Å². The Kier molecular flexibility index (Phi) is 8.57. The molecule has 0 radical (unpaired) electrons. The minimum Gasteiger partial charge on any atom is -0.497 e. The van der Waals surface area contributed by atoms with E-state index in [9.17, 15) is 4.79 Å². The smallest absolute Gasteiger partial charge is 0.341 e. The molecule has 3 aromatic carbocycles. The summed E-state index contributed by atoms with van der Waals surface area (Å²) in [7, 11) is 1.61. The first-order valence-corrected chi connectivity index (χ1v) is 12.9. The lowest BCUT2D eigenvalue weighted by Crippen LogP contribution is -2.32. The van der Waals surface area contributed by atoms with Gasteiger partial charge in [-0.1, -0.05) is 63.9 Å². The molecule has 1 aliphatic rings. The highest BCUT2D eigenvalue weighted by Gasteiger charge is 2.42. The molecule has 8 heteroatoms. The monoisotopic (exact) mass is 588 g/mol. The number of aliphatic carboxylic acids is 1. The van der Waals surface area contributed by atoms with Gasteiger partial charge < -0.3 is 19.3 Å². The molecular weight excluding hydrogens is 563 g/mol. The minimum absolute atomic E-state index is 0.0519. The summed E-state index contributed by atoms with van der Waals surface area (Å²) < 4.78 is 33.1. The first-order valence-electron chi connectivity index (χ1n) is 11.7. The van der Waals surface area contributed by atoms with E-state index in [4.69, 9.17) is 30.9 Å². The molecule has 0 aliphatic carbocycles. The zero-order chi connectivity index (χ0) is 26.7. The Morgan fingerprint density at radius 3 is 2.38 bits per heavy atom. The highest BCUT2D eigenvalue weighted by atomic mass is 79.9. The second kappa shape index (κ2) is 11.7. The zero-order valence-corrected chi connectivity index (χ0v) is 22.8. The molecule has 0 amide bonds. The number of carbonyl (C=O) groups is 1. The van der Waals surface area contributed by atoms with E-state index in [0.29, 0.717) is 21.5 Å². The zero-order valence-electron chi connectivity index (χ0n) is 20.4. The lowest BCUT2D eigenvalue weighted by molar-refractivity contribution is -0.139. The van der Waals surface area contributed by atoms with Gasteiger partial charge in [-0.2, -0.15) is 0 Å². The molecule has 194 valence electrons. The maximum absolute atomic E-state index is 15.1. The van der Waals surface area contributed by atoms with Gasteiger partial charge in [-0.3, -0.25) is 0 Å². The predicted molar refractivity (Wildman–Crippen MR) is 144 cm³/mol. The fourth-order valence-corrected chi connectivity index (χ4v) is 5.39. The SMILES string of the molecule is C=C(C)[C@H]1C[C@H](c2ccc(Cl)cc2)[C@H](c2ccc(OC)cc2)O[C@@H]1c1cc(Br)cc(F)c1OCC(=O)O. The average Bonchev–Trinajstić information content (AvgIpc) is 2.87. The largest absolute Gasteiger partial charge is 0.497 e. The van der Waals surface area contributed by atoms with Crippen molar-refractivity contribution in [2.75, 3.05) is 13.7 Å². The molecule has 0 saturated carbocycles. The molecule has 1 aliphatic heterocycles. The predicted octanol–water partition coefficient (Wildman–Crippen LogP) is 7.89. The number of methoxy groups -OCH3 is 1. The van der Waals surface area contributed by atoms with Crippen molar-refractivity contribution < 1.29 is 28.5 Å². The van der Waals surface area contributed by atoms with Gasteiger partial charge in [-0.25, -0.2) is 9.18 Å². The van der Waals surface area contributed by atoms with E-state index in [1.165, 1.54) is 6.07 Å². The van der Waals surface area contributed by atoms with E-state index >= 15 is 4.39 Å². The molecule has 5 nitrogen and oxygen atoms in total. The minimum atomic E-state index is -1.20. The molecular formula is C29H27BrClFO5.